The van der Waals surface area contributed by atoms with Crippen LogP contribution in [-0.2, 0) is 6.42 Å². The fourth-order valence-electron chi connectivity index (χ4n) is 1.69. The number of benzene rings is 1. The molecule has 0 saturated carbocycles. The average molecular weight is 380 g/mol. The van der Waals surface area contributed by atoms with Crippen LogP contribution < -0.4 is 11.3 Å². The first-order chi connectivity index (χ1) is 8.60. The standard InChI is InChI=1S/C12H11F2IN2S/c13-9-2-1-7(10(14)5-9)3-11(17-16)8-4-12(15)18-6-8/h1-2,4-6,11,17H,3,16H2. The Bertz CT molecular complexity index is 545. The molecule has 0 spiro atoms. The molecule has 0 aliphatic heterocycles. The molecule has 2 aromatic rings. The van der Waals surface area contributed by atoms with Gasteiger partial charge in [-0.2, -0.15) is 0 Å². The van der Waals surface area contributed by atoms with E-state index >= 15 is 0 Å². The van der Waals surface area contributed by atoms with Crippen LogP contribution in [0.2, 0.25) is 0 Å². The smallest absolute Gasteiger partial charge is 0.129 e. The highest BCUT2D eigenvalue weighted by atomic mass is 127. The molecule has 0 bridgehead atoms. The van der Waals surface area contributed by atoms with Crippen LogP contribution in [0.25, 0.3) is 0 Å². The summed E-state index contributed by atoms with van der Waals surface area (Å²) in [5.41, 5.74) is 4.12. The Morgan fingerprint density at radius 2 is 2.11 bits per heavy atom. The van der Waals surface area contributed by atoms with Crippen molar-refractivity contribution < 1.29 is 8.78 Å². The molecule has 1 aromatic carbocycles. The lowest BCUT2D eigenvalue weighted by atomic mass is 10.0. The van der Waals surface area contributed by atoms with Crippen LogP contribution in [0, 0.1) is 14.5 Å². The maximum absolute atomic E-state index is 13.6. The van der Waals surface area contributed by atoms with E-state index in [4.69, 9.17) is 5.84 Å². The molecule has 1 unspecified atom stereocenters. The second-order valence-electron chi connectivity index (χ2n) is 3.84. The maximum Gasteiger partial charge on any atom is 0.129 e. The topological polar surface area (TPSA) is 38.0 Å². The number of halogens is 3. The molecule has 0 aliphatic rings. The number of rotatable bonds is 4. The van der Waals surface area contributed by atoms with Gasteiger partial charge in [0.1, 0.15) is 11.6 Å². The summed E-state index contributed by atoms with van der Waals surface area (Å²) in [6, 6.07) is 5.41. The SMILES string of the molecule is NNC(Cc1ccc(F)cc1F)c1csc(I)c1. The highest BCUT2D eigenvalue weighted by Crippen LogP contribution is 2.25. The number of hydrazine groups is 1. The van der Waals surface area contributed by atoms with E-state index in [1.807, 2.05) is 11.4 Å². The summed E-state index contributed by atoms with van der Waals surface area (Å²) in [6.07, 6.45) is 0.384. The molecule has 1 aromatic heterocycles. The van der Waals surface area contributed by atoms with Crippen molar-refractivity contribution in [2.24, 2.45) is 5.84 Å². The number of nitrogens with one attached hydrogen (secondary N) is 1. The van der Waals surface area contributed by atoms with Crippen LogP contribution in [0.4, 0.5) is 8.78 Å². The lowest BCUT2D eigenvalue weighted by Crippen LogP contribution is -2.29. The summed E-state index contributed by atoms with van der Waals surface area (Å²) in [6.45, 7) is 0. The summed E-state index contributed by atoms with van der Waals surface area (Å²) in [7, 11) is 0. The number of hydrogen-bond acceptors (Lipinski definition) is 3. The predicted octanol–water partition coefficient (Wildman–Crippen LogP) is 3.38. The second-order valence-corrected chi connectivity index (χ2v) is 6.65. The number of nitrogens with two attached hydrogens (primary N) is 1. The van der Waals surface area contributed by atoms with Gasteiger partial charge in [-0.25, -0.2) is 8.78 Å². The fourth-order valence-corrected chi connectivity index (χ4v) is 3.11. The van der Waals surface area contributed by atoms with Gasteiger partial charge in [0.2, 0.25) is 0 Å². The van der Waals surface area contributed by atoms with Crippen LogP contribution in [0.5, 0.6) is 0 Å². The fraction of sp³-hybridized carbons (Fsp3) is 0.167. The van der Waals surface area contributed by atoms with Gasteiger partial charge in [0.05, 0.1) is 8.93 Å². The van der Waals surface area contributed by atoms with Crippen molar-refractivity contribution in [3.05, 3.63) is 55.3 Å². The largest absolute Gasteiger partial charge is 0.271 e. The van der Waals surface area contributed by atoms with E-state index in [2.05, 4.69) is 28.0 Å². The molecular weight excluding hydrogens is 369 g/mol. The Labute approximate surface area is 121 Å². The average Bonchev–Trinajstić information content (AvgIpc) is 2.75. The minimum atomic E-state index is -0.571. The van der Waals surface area contributed by atoms with Gasteiger partial charge in [0.25, 0.3) is 0 Å². The van der Waals surface area contributed by atoms with Crippen molar-refractivity contribution in [3.8, 4) is 0 Å². The van der Waals surface area contributed by atoms with Crippen molar-refractivity contribution in [3.63, 3.8) is 0 Å². The quantitative estimate of drug-likeness (QED) is 0.485. The van der Waals surface area contributed by atoms with Gasteiger partial charge in [-0.15, -0.1) is 11.3 Å². The lowest BCUT2D eigenvalue weighted by Gasteiger charge is -2.15. The highest BCUT2D eigenvalue weighted by molar-refractivity contribution is 14.1. The van der Waals surface area contributed by atoms with Gasteiger partial charge in [-0.1, -0.05) is 6.07 Å². The van der Waals surface area contributed by atoms with Crippen LogP contribution in [-0.4, -0.2) is 0 Å². The normalized spacial score (nSPS) is 12.7. The Kier molecular flexibility index (Phi) is 4.66. The molecule has 1 atom stereocenters. The molecule has 18 heavy (non-hydrogen) atoms. The first kappa shape index (κ1) is 13.9. The molecule has 0 fully saturated rings. The molecule has 0 radical (unpaired) electrons. The van der Waals surface area contributed by atoms with E-state index in [1.165, 1.54) is 12.1 Å². The van der Waals surface area contributed by atoms with E-state index in [1.54, 1.807) is 11.3 Å². The molecule has 1 heterocycles. The first-order valence-electron chi connectivity index (χ1n) is 5.24. The van der Waals surface area contributed by atoms with Gasteiger partial charge in [-0.3, -0.25) is 11.3 Å². The monoisotopic (exact) mass is 380 g/mol. The molecule has 96 valence electrons. The van der Waals surface area contributed by atoms with E-state index in [9.17, 15) is 8.78 Å². The zero-order valence-corrected chi connectivity index (χ0v) is 12.3. The van der Waals surface area contributed by atoms with Gasteiger partial charge < -0.3 is 0 Å². The number of thiophene rings is 1. The third-order valence-corrected chi connectivity index (χ3v) is 4.44. The Morgan fingerprint density at radius 3 is 2.67 bits per heavy atom. The van der Waals surface area contributed by atoms with Crippen LogP contribution in [0.3, 0.4) is 0 Å². The highest BCUT2D eigenvalue weighted by Gasteiger charge is 2.15. The van der Waals surface area contributed by atoms with E-state index in [0.717, 1.165) is 14.5 Å². The lowest BCUT2D eigenvalue weighted by molar-refractivity contribution is 0.523. The van der Waals surface area contributed by atoms with E-state index in [-0.39, 0.29) is 6.04 Å². The molecular formula is C12H11F2IN2S. The number of hydrogen-bond donors (Lipinski definition) is 2. The van der Waals surface area contributed by atoms with Gasteiger partial charge in [-0.05, 0) is 57.7 Å². The minimum Gasteiger partial charge on any atom is -0.271 e. The second kappa shape index (κ2) is 6.05. The van der Waals surface area contributed by atoms with Gasteiger partial charge in [0.15, 0.2) is 0 Å². The predicted molar refractivity (Wildman–Crippen MR) is 77.2 cm³/mol. The van der Waals surface area contributed by atoms with Crippen LogP contribution in [0.15, 0.2) is 29.6 Å². The molecule has 6 heteroatoms. The molecule has 3 N–H and O–H groups in total. The van der Waals surface area contributed by atoms with Crippen molar-refractivity contribution in [1.82, 2.24) is 5.43 Å². The molecule has 0 aliphatic carbocycles. The summed E-state index contributed by atoms with van der Waals surface area (Å²) < 4.78 is 27.5. The Morgan fingerprint density at radius 1 is 1.33 bits per heavy atom. The summed E-state index contributed by atoms with van der Waals surface area (Å²) in [5, 5.41) is 1.98. The van der Waals surface area contributed by atoms with Gasteiger partial charge >= 0.3 is 0 Å². The maximum atomic E-state index is 13.6. The van der Waals surface area contributed by atoms with Crippen LogP contribution >= 0.6 is 33.9 Å². The summed E-state index contributed by atoms with van der Waals surface area (Å²) in [4.78, 5) is 0. The zero-order chi connectivity index (χ0) is 13.1. The third kappa shape index (κ3) is 3.25. The minimum absolute atomic E-state index is 0.176. The molecule has 2 nitrogen and oxygen atoms in total. The molecule has 2 rings (SSSR count). The van der Waals surface area contributed by atoms with Crippen molar-refractivity contribution in [2.45, 2.75) is 12.5 Å². The van der Waals surface area contributed by atoms with E-state index in [0.29, 0.717) is 12.0 Å². The summed E-state index contributed by atoms with van der Waals surface area (Å²) >= 11 is 3.82. The molecule has 0 amide bonds. The molecule has 0 saturated heterocycles. The van der Waals surface area contributed by atoms with E-state index < -0.39 is 11.6 Å². The first-order valence-corrected chi connectivity index (χ1v) is 7.20. The van der Waals surface area contributed by atoms with Crippen molar-refractivity contribution in [1.29, 1.82) is 0 Å². The zero-order valence-electron chi connectivity index (χ0n) is 9.29. The van der Waals surface area contributed by atoms with Crippen LogP contribution in [0.1, 0.15) is 17.2 Å². The van der Waals surface area contributed by atoms with Crippen molar-refractivity contribution >= 4 is 33.9 Å². The Balaban J connectivity index is 2.20. The van der Waals surface area contributed by atoms with Gasteiger partial charge in [0, 0.05) is 6.07 Å². The Hall–Kier alpha value is -0.570. The summed E-state index contributed by atoms with van der Waals surface area (Å²) in [5.74, 6) is 4.39. The van der Waals surface area contributed by atoms with Crippen molar-refractivity contribution in [2.75, 3.05) is 0 Å². The third-order valence-electron chi connectivity index (χ3n) is 2.63.